The van der Waals surface area contributed by atoms with E-state index in [0.29, 0.717) is 10.9 Å². The van der Waals surface area contributed by atoms with Crippen molar-refractivity contribution in [1.29, 1.82) is 0 Å². The number of hydrogen-bond acceptors (Lipinski definition) is 4. The van der Waals surface area contributed by atoms with Gasteiger partial charge in [-0.05, 0) is 12.1 Å². The minimum Gasteiger partial charge on any atom is -0.480 e. The van der Waals surface area contributed by atoms with Crippen LogP contribution in [0.1, 0.15) is 10.4 Å². The predicted molar refractivity (Wildman–Crippen MR) is 74.5 cm³/mol. The van der Waals surface area contributed by atoms with Crippen LogP contribution in [0, 0.1) is 0 Å². The second-order valence-electron chi connectivity index (χ2n) is 4.40. The van der Waals surface area contributed by atoms with Crippen LogP contribution in [-0.2, 0) is 9.59 Å². The first-order valence-corrected chi connectivity index (χ1v) is 6.12. The molecule has 0 radical (unpaired) electrons. The van der Waals surface area contributed by atoms with Crippen LogP contribution >= 0.6 is 0 Å². The number of carboxylic acid groups (broad SMARTS) is 1. The number of amides is 2. The van der Waals surface area contributed by atoms with Gasteiger partial charge in [0.1, 0.15) is 13.1 Å². The van der Waals surface area contributed by atoms with Gasteiger partial charge in [-0.15, -0.1) is 0 Å². The number of nitrogens with zero attached hydrogens (tertiary/aromatic N) is 2. The molecule has 3 N–H and O–H groups in total. The third kappa shape index (κ3) is 3.33. The average Bonchev–Trinajstić information content (AvgIpc) is 2.44. The minimum atomic E-state index is -1.22. The lowest BCUT2D eigenvalue weighted by atomic mass is 10.1. The average molecular weight is 287 g/mol. The molecule has 0 bridgehead atoms. The number of para-hydroxylation sites is 1. The molecule has 0 saturated heterocycles. The maximum absolute atomic E-state index is 12.5. The van der Waals surface area contributed by atoms with E-state index in [0.717, 1.165) is 4.90 Å². The molecular formula is C14H13N3O4. The van der Waals surface area contributed by atoms with Crippen molar-refractivity contribution < 1.29 is 19.5 Å². The van der Waals surface area contributed by atoms with Crippen LogP contribution in [0.4, 0.5) is 0 Å². The van der Waals surface area contributed by atoms with Crippen molar-refractivity contribution in [2.24, 2.45) is 5.73 Å². The summed E-state index contributed by atoms with van der Waals surface area (Å²) in [5, 5.41) is 9.44. The number of nitrogens with two attached hydrogens (primary N) is 1. The van der Waals surface area contributed by atoms with Gasteiger partial charge >= 0.3 is 5.97 Å². The first-order valence-electron chi connectivity index (χ1n) is 6.12. The summed E-state index contributed by atoms with van der Waals surface area (Å²) in [5.41, 5.74) is 5.95. The van der Waals surface area contributed by atoms with Crippen molar-refractivity contribution in [2.75, 3.05) is 13.1 Å². The van der Waals surface area contributed by atoms with E-state index in [1.165, 1.54) is 12.3 Å². The number of hydrogen-bond donors (Lipinski definition) is 2. The number of pyridine rings is 1. The molecule has 108 valence electrons. The molecule has 0 spiro atoms. The number of carboxylic acids is 1. The lowest BCUT2D eigenvalue weighted by molar-refractivity contribution is -0.138. The largest absolute Gasteiger partial charge is 0.480 e. The molecule has 1 aromatic heterocycles. The first kappa shape index (κ1) is 14.4. The second kappa shape index (κ2) is 6.00. The number of primary amides is 1. The number of fused-ring (bicyclic) bond motifs is 1. The number of rotatable bonds is 5. The van der Waals surface area contributed by atoms with Crippen molar-refractivity contribution in [2.45, 2.75) is 0 Å². The van der Waals surface area contributed by atoms with Crippen molar-refractivity contribution >= 4 is 28.7 Å². The Bertz CT molecular complexity index is 693. The summed E-state index contributed by atoms with van der Waals surface area (Å²) >= 11 is 0. The lowest BCUT2D eigenvalue weighted by Gasteiger charge is -2.19. The van der Waals surface area contributed by atoms with Gasteiger partial charge in [-0.25, -0.2) is 0 Å². The van der Waals surface area contributed by atoms with Gasteiger partial charge in [-0.3, -0.25) is 19.4 Å². The minimum absolute atomic E-state index is 0.281. The van der Waals surface area contributed by atoms with Gasteiger partial charge in [-0.2, -0.15) is 0 Å². The van der Waals surface area contributed by atoms with Gasteiger partial charge < -0.3 is 15.7 Å². The van der Waals surface area contributed by atoms with Crippen LogP contribution in [-0.4, -0.2) is 45.9 Å². The normalized spacial score (nSPS) is 10.3. The molecule has 0 atom stereocenters. The molecule has 0 unspecified atom stereocenters. The fraction of sp³-hybridized carbons (Fsp3) is 0.143. The third-order valence-electron chi connectivity index (χ3n) is 2.84. The molecule has 2 rings (SSSR count). The van der Waals surface area contributed by atoms with E-state index in [2.05, 4.69) is 4.98 Å². The Kier molecular flexibility index (Phi) is 4.13. The molecule has 0 fully saturated rings. The van der Waals surface area contributed by atoms with E-state index in [4.69, 9.17) is 10.8 Å². The molecular weight excluding hydrogens is 274 g/mol. The van der Waals surface area contributed by atoms with Crippen LogP contribution in [0.25, 0.3) is 10.9 Å². The van der Waals surface area contributed by atoms with Gasteiger partial charge in [0.25, 0.3) is 5.91 Å². The van der Waals surface area contributed by atoms with Crippen LogP contribution < -0.4 is 5.73 Å². The van der Waals surface area contributed by atoms with Gasteiger partial charge in [0.2, 0.25) is 5.91 Å². The summed E-state index contributed by atoms with van der Waals surface area (Å²) in [4.78, 5) is 39.3. The summed E-state index contributed by atoms with van der Waals surface area (Å²) < 4.78 is 0. The molecule has 0 saturated carbocycles. The standard InChI is InChI=1S/C14H13N3O4/c15-12(18)7-17(8-13(19)20)14(21)10-5-6-16-11-4-2-1-3-9(10)11/h1-6H,7-8H2,(H2,15,18)(H,19,20). The van der Waals surface area contributed by atoms with Crippen LogP contribution in [0.2, 0.25) is 0 Å². The van der Waals surface area contributed by atoms with Crippen LogP contribution in [0.3, 0.4) is 0 Å². The van der Waals surface area contributed by atoms with Crippen molar-refractivity contribution in [1.82, 2.24) is 9.88 Å². The molecule has 7 nitrogen and oxygen atoms in total. The molecule has 7 heteroatoms. The molecule has 2 amide bonds. The number of aromatic nitrogens is 1. The zero-order valence-electron chi connectivity index (χ0n) is 11.0. The summed E-state index contributed by atoms with van der Waals surface area (Å²) in [6.07, 6.45) is 1.46. The molecule has 0 aliphatic rings. The highest BCUT2D eigenvalue weighted by atomic mass is 16.4. The predicted octanol–water partition coefficient (Wildman–Crippen LogP) is 0.247. The van der Waals surface area contributed by atoms with E-state index in [-0.39, 0.29) is 5.56 Å². The Hall–Kier alpha value is -2.96. The van der Waals surface area contributed by atoms with Crippen LogP contribution in [0.5, 0.6) is 0 Å². The maximum Gasteiger partial charge on any atom is 0.323 e. The number of carbonyl (C=O) groups excluding carboxylic acids is 2. The molecule has 0 aliphatic carbocycles. The Balaban J connectivity index is 2.42. The van der Waals surface area contributed by atoms with Crippen molar-refractivity contribution in [3.8, 4) is 0 Å². The quantitative estimate of drug-likeness (QED) is 0.818. The smallest absolute Gasteiger partial charge is 0.323 e. The van der Waals surface area contributed by atoms with Crippen molar-refractivity contribution in [3.05, 3.63) is 42.1 Å². The maximum atomic E-state index is 12.5. The fourth-order valence-electron chi connectivity index (χ4n) is 2.00. The zero-order chi connectivity index (χ0) is 15.4. The van der Waals surface area contributed by atoms with Gasteiger partial charge in [-0.1, -0.05) is 18.2 Å². The van der Waals surface area contributed by atoms with Gasteiger partial charge in [0.05, 0.1) is 11.1 Å². The topological polar surface area (TPSA) is 114 Å². The Morgan fingerprint density at radius 2 is 1.86 bits per heavy atom. The van der Waals surface area contributed by atoms with Gasteiger partial charge in [0.15, 0.2) is 0 Å². The first-order chi connectivity index (χ1) is 9.99. The van der Waals surface area contributed by atoms with E-state index in [1.807, 2.05) is 0 Å². The molecule has 2 aromatic rings. The Labute approximate surface area is 120 Å². The SMILES string of the molecule is NC(=O)CN(CC(=O)O)C(=O)c1ccnc2ccccc12. The van der Waals surface area contributed by atoms with Crippen molar-refractivity contribution in [3.63, 3.8) is 0 Å². The number of carbonyl (C=O) groups is 3. The molecule has 1 heterocycles. The number of benzene rings is 1. The molecule has 0 aliphatic heterocycles. The van der Waals surface area contributed by atoms with E-state index >= 15 is 0 Å². The summed E-state index contributed by atoms with van der Waals surface area (Å²) in [6, 6.07) is 8.46. The number of aliphatic carboxylic acids is 1. The van der Waals surface area contributed by atoms with Gasteiger partial charge in [0, 0.05) is 11.6 Å². The second-order valence-corrected chi connectivity index (χ2v) is 4.40. The highest BCUT2D eigenvalue weighted by Gasteiger charge is 2.22. The molecule has 1 aromatic carbocycles. The Morgan fingerprint density at radius 3 is 2.52 bits per heavy atom. The third-order valence-corrected chi connectivity index (χ3v) is 2.84. The van der Waals surface area contributed by atoms with E-state index in [9.17, 15) is 14.4 Å². The van der Waals surface area contributed by atoms with E-state index < -0.39 is 30.9 Å². The Morgan fingerprint density at radius 1 is 1.14 bits per heavy atom. The fourth-order valence-corrected chi connectivity index (χ4v) is 2.00. The summed E-state index contributed by atoms with van der Waals surface area (Å²) in [5.74, 6) is -2.57. The van der Waals surface area contributed by atoms with Crippen LogP contribution in [0.15, 0.2) is 36.5 Å². The highest BCUT2D eigenvalue weighted by molar-refractivity contribution is 6.07. The van der Waals surface area contributed by atoms with E-state index in [1.54, 1.807) is 24.3 Å². The monoisotopic (exact) mass is 287 g/mol. The zero-order valence-corrected chi connectivity index (χ0v) is 11.0. The molecule has 21 heavy (non-hydrogen) atoms. The summed E-state index contributed by atoms with van der Waals surface area (Å²) in [7, 11) is 0. The lowest BCUT2D eigenvalue weighted by Crippen LogP contribution is -2.41. The summed E-state index contributed by atoms with van der Waals surface area (Å²) in [6.45, 7) is -1.06. The highest BCUT2D eigenvalue weighted by Crippen LogP contribution is 2.17.